The van der Waals surface area contributed by atoms with E-state index in [1.54, 1.807) is 6.20 Å². The maximum Gasteiger partial charge on any atom is 0.0645 e. The Labute approximate surface area is 113 Å². The van der Waals surface area contributed by atoms with Gasteiger partial charge in [0.05, 0.1) is 5.69 Å². The Bertz CT molecular complexity index is 503. The molecule has 2 N–H and O–H groups in total. The van der Waals surface area contributed by atoms with Crippen molar-refractivity contribution in [3.8, 4) is 5.69 Å². The van der Waals surface area contributed by atoms with Gasteiger partial charge in [-0.25, -0.2) is 4.68 Å². The summed E-state index contributed by atoms with van der Waals surface area (Å²) in [5.41, 5.74) is 8.45. The SMILES string of the molecule is N[C@@H]1CCCN(Cc2ccc(-n3cccn3)cc2)C1. The van der Waals surface area contributed by atoms with Crippen LogP contribution in [0.4, 0.5) is 0 Å². The molecule has 0 saturated carbocycles. The standard InChI is InChI=1S/C15H20N4/c16-14-3-1-9-18(12-14)11-13-4-6-15(7-5-13)19-10-2-8-17-19/h2,4-8,10,14H,1,3,9,11-12,16H2/t14-/m1/s1. The highest BCUT2D eigenvalue weighted by Crippen LogP contribution is 2.14. The minimum Gasteiger partial charge on any atom is -0.327 e. The summed E-state index contributed by atoms with van der Waals surface area (Å²) >= 11 is 0. The summed E-state index contributed by atoms with van der Waals surface area (Å²) in [7, 11) is 0. The van der Waals surface area contributed by atoms with Crippen LogP contribution in [0, 0.1) is 0 Å². The summed E-state index contributed by atoms with van der Waals surface area (Å²) in [4.78, 5) is 2.44. The largest absolute Gasteiger partial charge is 0.327 e. The fourth-order valence-corrected chi connectivity index (χ4v) is 2.67. The number of rotatable bonds is 3. The van der Waals surface area contributed by atoms with Gasteiger partial charge in [0.15, 0.2) is 0 Å². The number of nitrogens with two attached hydrogens (primary N) is 1. The Balaban J connectivity index is 1.66. The maximum atomic E-state index is 6.01. The van der Waals surface area contributed by atoms with E-state index in [1.807, 2.05) is 16.9 Å². The smallest absolute Gasteiger partial charge is 0.0645 e. The molecule has 1 saturated heterocycles. The van der Waals surface area contributed by atoms with Crippen LogP contribution in [0.15, 0.2) is 42.7 Å². The van der Waals surface area contributed by atoms with Crippen LogP contribution < -0.4 is 5.73 Å². The Hall–Kier alpha value is -1.65. The third-order valence-corrected chi connectivity index (χ3v) is 3.65. The second-order valence-corrected chi connectivity index (χ2v) is 5.25. The van der Waals surface area contributed by atoms with Gasteiger partial charge in [-0.05, 0) is 43.1 Å². The van der Waals surface area contributed by atoms with Gasteiger partial charge in [-0.1, -0.05) is 12.1 Å². The van der Waals surface area contributed by atoms with E-state index >= 15 is 0 Å². The molecule has 1 atom stereocenters. The molecule has 1 aliphatic rings. The lowest BCUT2D eigenvalue weighted by Crippen LogP contribution is -2.42. The molecule has 1 fully saturated rings. The van der Waals surface area contributed by atoms with Crippen LogP contribution in [-0.2, 0) is 6.54 Å². The van der Waals surface area contributed by atoms with Gasteiger partial charge in [-0.2, -0.15) is 5.10 Å². The lowest BCUT2D eigenvalue weighted by Gasteiger charge is -2.30. The van der Waals surface area contributed by atoms with E-state index in [9.17, 15) is 0 Å². The molecular weight excluding hydrogens is 236 g/mol. The first kappa shape index (κ1) is 12.4. The molecule has 2 heterocycles. The van der Waals surface area contributed by atoms with E-state index in [1.165, 1.54) is 12.0 Å². The molecular formula is C15H20N4. The lowest BCUT2D eigenvalue weighted by atomic mass is 10.1. The monoisotopic (exact) mass is 256 g/mol. The first-order chi connectivity index (χ1) is 9.31. The van der Waals surface area contributed by atoms with Crippen molar-refractivity contribution in [3.05, 3.63) is 48.3 Å². The maximum absolute atomic E-state index is 6.01. The minimum absolute atomic E-state index is 0.345. The van der Waals surface area contributed by atoms with E-state index in [0.717, 1.165) is 31.7 Å². The van der Waals surface area contributed by atoms with Crippen molar-refractivity contribution in [2.45, 2.75) is 25.4 Å². The zero-order chi connectivity index (χ0) is 13.1. The molecule has 0 radical (unpaired) electrons. The summed E-state index contributed by atoms with van der Waals surface area (Å²) in [5, 5.41) is 4.23. The molecule has 0 unspecified atom stereocenters. The Morgan fingerprint density at radius 2 is 2.11 bits per heavy atom. The van der Waals surface area contributed by atoms with E-state index in [2.05, 4.69) is 34.3 Å². The summed E-state index contributed by atoms with van der Waals surface area (Å²) in [6.07, 6.45) is 6.13. The van der Waals surface area contributed by atoms with Crippen molar-refractivity contribution in [3.63, 3.8) is 0 Å². The summed E-state index contributed by atoms with van der Waals surface area (Å²) in [6.45, 7) is 3.17. The number of benzene rings is 1. The molecule has 19 heavy (non-hydrogen) atoms. The van der Waals surface area contributed by atoms with E-state index in [4.69, 9.17) is 5.73 Å². The molecule has 0 amide bonds. The molecule has 2 aromatic rings. The molecule has 1 aliphatic heterocycles. The number of piperidine rings is 1. The molecule has 0 bridgehead atoms. The Kier molecular flexibility index (Phi) is 3.62. The van der Waals surface area contributed by atoms with Gasteiger partial charge < -0.3 is 5.73 Å². The van der Waals surface area contributed by atoms with Crippen molar-refractivity contribution in [1.29, 1.82) is 0 Å². The number of aromatic nitrogens is 2. The molecule has 3 rings (SSSR count). The fraction of sp³-hybridized carbons (Fsp3) is 0.400. The fourth-order valence-electron chi connectivity index (χ4n) is 2.67. The first-order valence-corrected chi connectivity index (χ1v) is 6.88. The average molecular weight is 256 g/mol. The van der Waals surface area contributed by atoms with E-state index in [0.29, 0.717) is 6.04 Å². The summed E-state index contributed by atoms with van der Waals surface area (Å²) < 4.78 is 1.88. The Morgan fingerprint density at radius 3 is 2.79 bits per heavy atom. The first-order valence-electron chi connectivity index (χ1n) is 6.88. The number of nitrogens with zero attached hydrogens (tertiary/aromatic N) is 3. The normalized spacial score (nSPS) is 20.6. The van der Waals surface area contributed by atoms with Crippen LogP contribution in [0.1, 0.15) is 18.4 Å². The molecule has 1 aromatic carbocycles. The van der Waals surface area contributed by atoms with Crippen LogP contribution in [0.25, 0.3) is 5.69 Å². The van der Waals surface area contributed by atoms with Gasteiger partial charge in [0, 0.05) is 31.5 Å². The third-order valence-electron chi connectivity index (χ3n) is 3.65. The Morgan fingerprint density at radius 1 is 1.26 bits per heavy atom. The van der Waals surface area contributed by atoms with Crippen LogP contribution >= 0.6 is 0 Å². The van der Waals surface area contributed by atoms with Crippen molar-refractivity contribution in [1.82, 2.24) is 14.7 Å². The summed E-state index contributed by atoms with van der Waals surface area (Å²) in [5.74, 6) is 0. The van der Waals surface area contributed by atoms with Crippen molar-refractivity contribution >= 4 is 0 Å². The van der Waals surface area contributed by atoms with Gasteiger partial charge >= 0.3 is 0 Å². The topological polar surface area (TPSA) is 47.1 Å². The van der Waals surface area contributed by atoms with Crippen molar-refractivity contribution < 1.29 is 0 Å². The number of hydrogen-bond acceptors (Lipinski definition) is 3. The zero-order valence-electron chi connectivity index (χ0n) is 11.1. The number of hydrogen-bond donors (Lipinski definition) is 1. The van der Waals surface area contributed by atoms with Crippen LogP contribution in [0.5, 0.6) is 0 Å². The quantitative estimate of drug-likeness (QED) is 0.911. The lowest BCUT2D eigenvalue weighted by molar-refractivity contribution is 0.201. The second kappa shape index (κ2) is 5.55. The minimum atomic E-state index is 0.345. The molecule has 0 aliphatic carbocycles. The highest BCUT2D eigenvalue weighted by molar-refractivity contribution is 5.33. The van der Waals surface area contributed by atoms with Crippen LogP contribution in [-0.4, -0.2) is 33.8 Å². The number of likely N-dealkylation sites (tertiary alicyclic amines) is 1. The van der Waals surface area contributed by atoms with E-state index < -0.39 is 0 Å². The van der Waals surface area contributed by atoms with E-state index in [-0.39, 0.29) is 0 Å². The highest BCUT2D eigenvalue weighted by atomic mass is 15.3. The second-order valence-electron chi connectivity index (χ2n) is 5.25. The van der Waals surface area contributed by atoms with Crippen LogP contribution in [0.2, 0.25) is 0 Å². The van der Waals surface area contributed by atoms with Gasteiger partial charge in [0.1, 0.15) is 0 Å². The predicted octanol–water partition coefficient (Wildman–Crippen LogP) is 1.80. The van der Waals surface area contributed by atoms with Crippen LogP contribution in [0.3, 0.4) is 0 Å². The van der Waals surface area contributed by atoms with Gasteiger partial charge in [0.2, 0.25) is 0 Å². The molecule has 100 valence electrons. The third kappa shape index (κ3) is 3.03. The average Bonchev–Trinajstić information content (AvgIpc) is 2.94. The zero-order valence-corrected chi connectivity index (χ0v) is 11.1. The molecule has 4 heteroatoms. The highest BCUT2D eigenvalue weighted by Gasteiger charge is 2.16. The van der Waals surface area contributed by atoms with Gasteiger partial charge in [-0.15, -0.1) is 0 Å². The molecule has 4 nitrogen and oxygen atoms in total. The van der Waals surface area contributed by atoms with Gasteiger partial charge in [-0.3, -0.25) is 4.90 Å². The van der Waals surface area contributed by atoms with Gasteiger partial charge in [0.25, 0.3) is 0 Å². The van der Waals surface area contributed by atoms with Crippen molar-refractivity contribution in [2.24, 2.45) is 5.73 Å². The molecule has 0 spiro atoms. The summed E-state index contributed by atoms with van der Waals surface area (Å²) in [6, 6.07) is 10.9. The van der Waals surface area contributed by atoms with Crippen molar-refractivity contribution in [2.75, 3.05) is 13.1 Å². The predicted molar refractivity (Wildman–Crippen MR) is 76.1 cm³/mol. The molecule has 1 aromatic heterocycles.